The Hall–Kier alpha value is -0.880. The van der Waals surface area contributed by atoms with Gasteiger partial charge in [0, 0.05) is 19.3 Å². The van der Waals surface area contributed by atoms with Gasteiger partial charge in [-0.05, 0) is 30.3 Å². The van der Waals surface area contributed by atoms with Crippen molar-refractivity contribution in [3.63, 3.8) is 0 Å². The van der Waals surface area contributed by atoms with Crippen molar-refractivity contribution in [2.75, 3.05) is 18.0 Å². The fourth-order valence-corrected chi connectivity index (χ4v) is 1.83. The Morgan fingerprint density at radius 1 is 1.31 bits per heavy atom. The zero-order chi connectivity index (χ0) is 9.10. The molecule has 1 aliphatic rings. The van der Waals surface area contributed by atoms with Crippen LogP contribution in [0.15, 0.2) is 18.5 Å². The summed E-state index contributed by atoms with van der Waals surface area (Å²) in [5.41, 5.74) is 2.37. The molecule has 13 heavy (non-hydrogen) atoms. The summed E-state index contributed by atoms with van der Waals surface area (Å²) in [7, 11) is 3.36. The number of hydrogen-bond acceptors (Lipinski definition) is 2. The van der Waals surface area contributed by atoms with Crippen molar-refractivity contribution in [2.45, 2.75) is 12.8 Å². The predicted molar refractivity (Wildman–Crippen MR) is 59.2 cm³/mol. The monoisotopic (exact) mass is 192 g/mol. The Kier molecular flexibility index (Phi) is 2.60. The first-order valence-corrected chi connectivity index (χ1v) is 5.18. The topological polar surface area (TPSA) is 16.1 Å². The van der Waals surface area contributed by atoms with Crippen LogP contribution >= 0.6 is 8.86 Å². The van der Waals surface area contributed by atoms with Crippen LogP contribution in [-0.2, 0) is 0 Å². The molecule has 2 rings (SSSR count). The molecule has 0 N–H and O–H groups in total. The molecule has 3 heteroatoms. The first-order chi connectivity index (χ1) is 6.40. The van der Waals surface area contributed by atoms with Gasteiger partial charge < -0.3 is 4.90 Å². The van der Waals surface area contributed by atoms with Crippen molar-refractivity contribution in [1.29, 1.82) is 0 Å². The maximum Gasteiger partial charge on any atom is 0.0558 e. The normalized spacial score (nSPS) is 16.2. The SMILES string of the molecule is P=Cc1cncc(N2CCCC2)c1. The first-order valence-electron chi connectivity index (χ1n) is 4.60. The van der Waals surface area contributed by atoms with Gasteiger partial charge in [0.2, 0.25) is 0 Å². The second-order valence-corrected chi connectivity index (χ2v) is 3.60. The van der Waals surface area contributed by atoms with Crippen molar-refractivity contribution >= 4 is 20.3 Å². The van der Waals surface area contributed by atoms with E-state index in [0.29, 0.717) is 0 Å². The van der Waals surface area contributed by atoms with Gasteiger partial charge in [0.05, 0.1) is 11.9 Å². The Bertz CT molecular complexity index is 306. The maximum atomic E-state index is 4.20. The van der Waals surface area contributed by atoms with Gasteiger partial charge in [0.15, 0.2) is 0 Å². The quantitative estimate of drug-likeness (QED) is 0.666. The second-order valence-electron chi connectivity index (χ2n) is 3.31. The minimum atomic E-state index is 1.13. The van der Waals surface area contributed by atoms with Gasteiger partial charge in [0.1, 0.15) is 0 Å². The second kappa shape index (κ2) is 3.89. The fourth-order valence-electron chi connectivity index (χ4n) is 1.67. The lowest BCUT2D eigenvalue weighted by molar-refractivity contribution is 0.949. The van der Waals surface area contributed by atoms with Crippen LogP contribution in [0.2, 0.25) is 0 Å². The van der Waals surface area contributed by atoms with Gasteiger partial charge in [-0.15, -0.1) is 8.86 Å². The molecule has 1 aromatic rings. The largest absolute Gasteiger partial charge is 0.370 e. The highest BCUT2D eigenvalue weighted by Gasteiger charge is 2.12. The van der Waals surface area contributed by atoms with Gasteiger partial charge >= 0.3 is 0 Å². The molecular weight excluding hydrogens is 179 g/mol. The summed E-state index contributed by atoms with van der Waals surface area (Å²) >= 11 is 0. The molecule has 2 heterocycles. The molecule has 0 radical (unpaired) electrons. The van der Waals surface area contributed by atoms with Crippen molar-refractivity contribution in [2.24, 2.45) is 0 Å². The third kappa shape index (κ3) is 1.89. The van der Waals surface area contributed by atoms with Crippen molar-refractivity contribution in [3.8, 4) is 0 Å². The molecule has 0 bridgehead atoms. The molecule has 1 aliphatic heterocycles. The van der Waals surface area contributed by atoms with E-state index in [-0.39, 0.29) is 0 Å². The number of hydrogen-bond donors (Lipinski definition) is 0. The Morgan fingerprint density at radius 3 is 2.77 bits per heavy atom. The fraction of sp³-hybridized carbons (Fsp3) is 0.400. The predicted octanol–water partition coefficient (Wildman–Crippen LogP) is 1.97. The number of anilines is 1. The van der Waals surface area contributed by atoms with Crippen LogP contribution in [0, 0.1) is 0 Å². The van der Waals surface area contributed by atoms with Gasteiger partial charge in [-0.3, -0.25) is 4.98 Å². The summed E-state index contributed by atoms with van der Waals surface area (Å²) in [6, 6.07) is 2.16. The minimum absolute atomic E-state index is 1.13. The van der Waals surface area contributed by atoms with Gasteiger partial charge in [-0.1, -0.05) is 0 Å². The van der Waals surface area contributed by atoms with E-state index in [1.165, 1.54) is 31.6 Å². The molecule has 1 aromatic heterocycles. The number of aromatic nitrogens is 1. The lowest BCUT2D eigenvalue weighted by atomic mass is 10.3. The highest BCUT2D eigenvalue weighted by Crippen LogP contribution is 2.19. The molecule has 0 atom stereocenters. The highest BCUT2D eigenvalue weighted by molar-refractivity contribution is 7.19. The van der Waals surface area contributed by atoms with E-state index in [0.717, 1.165) is 5.56 Å². The Morgan fingerprint density at radius 2 is 2.08 bits per heavy atom. The van der Waals surface area contributed by atoms with Gasteiger partial charge in [0.25, 0.3) is 0 Å². The average Bonchev–Trinajstić information content (AvgIpc) is 2.71. The summed E-state index contributed by atoms with van der Waals surface area (Å²) in [5.74, 6) is 1.90. The van der Waals surface area contributed by atoms with Crippen LogP contribution in [-0.4, -0.2) is 23.9 Å². The summed E-state index contributed by atoms with van der Waals surface area (Å²) in [6.45, 7) is 2.35. The smallest absolute Gasteiger partial charge is 0.0558 e. The van der Waals surface area contributed by atoms with E-state index in [2.05, 4.69) is 24.8 Å². The molecule has 0 aliphatic carbocycles. The molecule has 1 fully saturated rings. The van der Waals surface area contributed by atoms with Gasteiger partial charge in [-0.25, -0.2) is 0 Å². The standard InChI is InChI=1S/C10H13N2P/c13-8-9-5-10(7-11-6-9)12-3-1-2-4-12/h5-8,13H,1-4H2. The molecular formula is C10H13N2P. The third-order valence-electron chi connectivity index (χ3n) is 2.38. The molecule has 0 aromatic carbocycles. The molecule has 2 nitrogen and oxygen atoms in total. The van der Waals surface area contributed by atoms with E-state index in [9.17, 15) is 0 Å². The van der Waals surface area contributed by atoms with E-state index >= 15 is 0 Å². The summed E-state index contributed by atoms with van der Waals surface area (Å²) in [5, 5.41) is 0. The van der Waals surface area contributed by atoms with Crippen LogP contribution in [0.5, 0.6) is 0 Å². The zero-order valence-electron chi connectivity index (χ0n) is 7.53. The molecule has 0 amide bonds. The van der Waals surface area contributed by atoms with Crippen LogP contribution in [0.4, 0.5) is 5.69 Å². The lowest BCUT2D eigenvalue weighted by Crippen LogP contribution is -2.17. The minimum Gasteiger partial charge on any atom is -0.370 e. The molecule has 0 saturated carbocycles. The number of rotatable bonds is 2. The highest BCUT2D eigenvalue weighted by atomic mass is 31.0. The van der Waals surface area contributed by atoms with Crippen LogP contribution in [0.25, 0.3) is 0 Å². The summed E-state index contributed by atoms with van der Waals surface area (Å²) < 4.78 is 0. The van der Waals surface area contributed by atoms with Crippen LogP contribution < -0.4 is 4.90 Å². The van der Waals surface area contributed by atoms with E-state index in [1.54, 1.807) is 0 Å². The number of nitrogens with zero attached hydrogens (tertiary/aromatic N) is 2. The van der Waals surface area contributed by atoms with E-state index in [1.807, 2.05) is 18.2 Å². The van der Waals surface area contributed by atoms with Crippen molar-refractivity contribution in [3.05, 3.63) is 24.0 Å². The van der Waals surface area contributed by atoms with Crippen molar-refractivity contribution in [1.82, 2.24) is 4.98 Å². The maximum absolute atomic E-state index is 4.20. The van der Waals surface area contributed by atoms with Crippen LogP contribution in [0.3, 0.4) is 0 Å². The first kappa shape index (κ1) is 8.71. The molecule has 0 spiro atoms. The van der Waals surface area contributed by atoms with Crippen LogP contribution in [0.1, 0.15) is 18.4 Å². The molecule has 0 unspecified atom stereocenters. The Balaban J connectivity index is 2.23. The third-order valence-corrected chi connectivity index (χ3v) is 2.72. The summed E-state index contributed by atoms with van der Waals surface area (Å²) in [4.78, 5) is 6.58. The summed E-state index contributed by atoms with van der Waals surface area (Å²) in [6.07, 6.45) is 6.40. The molecule has 1 saturated heterocycles. The lowest BCUT2D eigenvalue weighted by Gasteiger charge is -2.16. The zero-order valence-corrected chi connectivity index (χ0v) is 8.53. The van der Waals surface area contributed by atoms with E-state index in [4.69, 9.17) is 0 Å². The molecule has 68 valence electrons. The van der Waals surface area contributed by atoms with Gasteiger partial charge in [-0.2, -0.15) is 0 Å². The average molecular weight is 192 g/mol. The number of pyridine rings is 1. The van der Waals surface area contributed by atoms with Crippen molar-refractivity contribution < 1.29 is 0 Å². The van der Waals surface area contributed by atoms with E-state index < -0.39 is 0 Å². The Labute approximate surface area is 80.8 Å².